The van der Waals surface area contributed by atoms with Crippen LogP contribution >= 0.6 is 47.0 Å². The Morgan fingerprint density at radius 1 is 1.29 bits per heavy atom. The molecule has 3 nitrogen and oxygen atoms in total. The molecule has 21 heavy (non-hydrogen) atoms. The van der Waals surface area contributed by atoms with E-state index in [4.69, 9.17) is 51.8 Å². The molecular weight excluding hydrogens is 351 g/mol. The molecule has 0 aliphatic carbocycles. The van der Waals surface area contributed by atoms with E-state index in [1.54, 1.807) is 31.5 Å². The highest BCUT2D eigenvalue weighted by Crippen LogP contribution is 2.36. The van der Waals surface area contributed by atoms with Gasteiger partial charge in [0.25, 0.3) is 0 Å². The molecule has 1 unspecified atom stereocenters. The fourth-order valence-electron chi connectivity index (χ4n) is 1.61. The molecule has 2 rings (SSSR count). The van der Waals surface area contributed by atoms with Gasteiger partial charge in [0.05, 0.1) is 10.0 Å². The van der Waals surface area contributed by atoms with Crippen LogP contribution in [0.1, 0.15) is 12.5 Å². The minimum atomic E-state index is -0.422. The average Bonchev–Trinajstić information content (AvgIpc) is 2.43. The summed E-state index contributed by atoms with van der Waals surface area (Å²) < 4.78 is 5.68. The lowest BCUT2D eigenvalue weighted by Crippen LogP contribution is -2.36. The third kappa shape index (κ3) is 4.45. The molecule has 1 aromatic carbocycles. The molecule has 1 atom stereocenters. The van der Waals surface area contributed by atoms with Gasteiger partial charge in [0.1, 0.15) is 4.99 Å². The molecule has 0 spiro atoms. The summed E-state index contributed by atoms with van der Waals surface area (Å²) >= 11 is 23.3. The fourth-order valence-corrected chi connectivity index (χ4v) is 2.81. The average molecular weight is 362 g/mol. The number of ether oxygens (including phenoxy) is 1. The molecule has 1 heterocycles. The van der Waals surface area contributed by atoms with Gasteiger partial charge >= 0.3 is 0 Å². The van der Waals surface area contributed by atoms with Crippen LogP contribution in [0.2, 0.25) is 15.1 Å². The van der Waals surface area contributed by atoms with Crippen LogP contribution in [-0.2, 0) is 0 Å². The zero-order valence-electron chi connectivity index (χ0n) is 10.9. The van der Waals surface area contributed by atoms with Crippen molar-refractivity contribution < 1.29 is 4.74 Å². The molecule has 0 amide bonds. The quantitative estimate of drug-likeness (QED) is 0.630. The summed E-state index contributed by atoms with van der Waals surface area (Å²) in [6.45, 7) is 1.80. The Morgan fingerprint density at radius 2 is 1.95 bits per heavy atom. The van der Waals surface area contributed by atoms with Crippen LogP contribution in [-0.4, -0.2) is 16.2 Å². The van der Waals surface area contributed by atoms with Crippen molar-refractivity contribution in [3.63, 3.8) is 0 Å². The summed E-state index contributed by atoms with van der Waals surface area (Å²) in [6, 6.07) is 6.80. The Kier molecular flexibility index (Phi) is 5.65. The zero-order chi connectivity index (χ0) is 15.4. The number of nitrogens with one attached hydrogen (secondary N) is 1. The van der Waals surface area contributed by atoms with E-state index in [1.165, 1.54) is 0 Å². The fraction of sp³-hybridized carbons (Fsp3) is 0.143. The van der Waals surface area contributed by atoms with Crippen LogP contribution in [0.15, 0.2) is 36.7 Å². The van der Waals surface area contributed by atoms with Crippen molar-refractivity contribution >= 4 is 52.0 Å². The van der Waals surface area contributed by atoms with E-state index >= 15 is 0 Å². The van der Waals surface area contributed by atoms with E-state index in [-0.39, 0.29) is 0 Å². The van der Waals surface area contributed by atoms with Crippen LogP contribution in [0.5, 0.6) is 5.75 Å². The largest absolute Gasteiger partial charge is 0.468 e. The normalized spacial score (nSPS) is 11.8. The number of rotatable bonds is 4. The smallest absolute Gasteiger partial charge is 0.167 e. The predicted molar refractivity (Wildman–Crippen MR) is 90.6 cm³/mol. The van der Waals surface area contributed by atoms with E-state index in [0.29, 0.717) is 25.8 Å². The second kappa shape index (κ2) is 7.27. The molecule has 0 radical (unpaired) electrons. The summed E-state index contributed by atoms with van der Waals surface area (Å²) in [4.78, 5) is 4.53. The molecule has 1 N–H and O–H groups in total. The van der Waals surface area contributed by atoms with Crippen molar-refractivity contribution in [2.45, 2.75) is 13.2 Å². The SMILES string of the molecule is CC(NC(=S)c1cccnc1)Oc1c(Cl)cc(Cl)cc1Cl. The Hall–Kier alpha value is -1.07. The molecule has 7 heteroatoms. The number of hydrogen-bond acceptors (Lipinski definition) is 3. The van der Waals surface area contributed by atoms with Gasteiger partial charge in [0, 0.05) is 23.0 Å². The maximum Gasteiger partial charge on any atom is 0.167 e. The van der Waals surface area contributed by atoms with Crippen LogP contribution in [0.4, 0.5) is 0 Å². The number of benzene rings is 1. The van der Waals surface area contributed by atoms with Gasteiger partial charge in [0.2, 0.25) is 0 Å². The summed E-state index contributed by atoms with van der Waals surface area (Å²) in [7, 11) is 0. The van der Waals surface area contributed by atoms with Crippen molar-refractivity contribution in [1.29, 1.82) is 0 Å². The topological polar surface area (TPSA) is 34.2 Å². The Balaban J connectivity index is 2.06. The summed E-state index contributed by atoms with van der Waals surface area (Å²) in [5, 5.41) is 4.16. The monoisotopic (exact) mass is 360 g/mol. The van der Waals surface area contributed by atoms with Gasteiger partial charge in [-0.05, 0) is 31.2 Å². The minimum absolute atomic E-state index is 0.341. The van der Waals surface area contributed by atoms with Crippen molar-refractivity contribution in [2.24, 2.45) is 0 Å². The molecule has 0 aliphatic rings. The van der Waals surface area contributed by atoms with Crippen LogP contribution < -0.4 is 10.1 Å². The van der Waals surface area contributed by atoms with Gasteiger partial charge in [-0.3, -0.25) is 4.98 Å². The van der Waals surface area contributed by atoms with Crippen molar-refractivity contribution in [3.05, 3.63) is 57.3 Å². The van der Waals surface area contributed by atoms with E-state index in [9.17, 15) is 0 Å². The lowest BCUT2D eigenvalue weighted by atomic mass is 10.3. The standard InChI is InChI=1S/C14H11Cl3N2OS/c1-8(19-14(21)9-3-2-4-18-7-9)20-13-11(16)5-10(15)6-12(13)17/h2-8H,1H3,(H,19,21). The summed E-state index contributed by atoms with van der Waals surface area (Å²) in [5.74, 6) is 0.358. The molecule has 2 aromatic rings. The molecule has 110 valence electrons. The van der Waals surface area contributed by atoms with Gasteiger partial charge in [0.15, 0.2) is 12.0 Å². The number of thiocarbonyl (C=S) groups is 1. The third-order valence-electron chi connectivity index (χ3n) is 2.52. The van der Waals surface area contributed by atoms with Gasteiger partial charge in [-0.1, -0.05) is 47.0 Å². The maximum absolute atomic E-state index is 6.07. The third-order valence-corrected chi connectivity index (χ3v) is 3.65. The lowest BCUT2D eigenvalue weighted by molar-refractivity contribution is 0.208. The van der Waals surface area contributed by atoms with Gasteiger partial charge in [-0.15, -0.1) is 0 Å². The molecule has 0 aliphatic heterocycles. The van der Waals surface area contributed by atoms with Crippen LogP contribution in [0, 0.1) is 0 Å². The van der Waals surface area contributed by atoms with Crippen LogP contribution in [0.25, 0.3) is 0 Å². The first-order valence-electron chi connectivity index (χ1n) is 5.99. The first-order valence-corrected chi connectivity index (χ1v) is 7.53. The van der Waals surface area contributed by atoms with Gasteiger partial charge < -0.3 is 10.1 Å². The first kappa shape index (κ1) is 16.3. The van der Waals surface area contributed by atoms with E-state index in [1.807, 2.05) is 12.1 Å². The molecule has 0 bridgehead atoms. The van der Waals surface area contributed by atoms with Crippen LogP contribution in [0.3, 0.4) is 0 Å². The molecule has 0 saturated heterocycles. The van der Waals surface area contributed by atoms with Gasteiger partial charge in [-0.2, -0.15) is 0 Å². The lowest BCUT2D eigenvalue weighted by Gasteiger charge is -2.19. The van der Waals surface area contributed by atoms with Crippen molar-refractivity contribution in [2.75, 3.05) is 0 Å². The highest BCUT2D eigenvalue weighted by atomic mass is 35.5. The summed E-state index contributed by atoms with van der Waals surface area (Å²) in [6.07, 6.45) is 2.93. The number of halogens is 3. The minimum Gasteiger partial charge on any atom is -0.468 e. The van der Waals surface area contributed by atoms with E-state index in [2.05, 4.69) is 10.3 Å². The van der Waals surface area contributed by atoms with Crippen molar-refractivity contribution in [3.8, 4) is 5.75 Å². The second-order valence-corrected chi connectivity index (χ2v) is 5.83. The number of hydrogen-bond donors (Lipinski definition) is 1. The maximum atomic E-state index is 6.07. The number of nitrogens with zero attached hydrogens (tertiary/aromatic N) is 1. The van der Waals surface area contributed by atoms with Gasteiger partial charge in [-0.25, -0.2) is 0 Å². The molecule has 0 saturated carbocycles. The van der Waals surface area contributed by atoms with Crippen molar-refractivity contribution in [1.82, 2.24) is 10.3 Å². The van der Waals surface area contributed by atoms with E-state index in [0.717, 1.165) is 5.56 Å². The first-order chi connectivity index (χ1) is 9.97. The Morgan fingerprint density at radius 3 is 2.52 bits per heavy atom. The highest BCUT2D eigenvalue weighted by Gasteiger charge is 2.14. The predicted octanol–water partition coefficient (Wildman–Crippen LogP) is 4.73. The molecule has 0 fully saturated rings. The zero-order valence-corrected chi connectivity index (χ0v) is 14.0. The summed E-state index contributed by atoms with van der Waals surface area (Å²) in [5.41, 5.74) is 0.802. The molecule has 1 aromatic heterocycles. The number of aromatic nitrogens is 1. The Bertz CT molecular complexity index is 629. The van der Waals surface area contributed by atoms with E-state index < -0.39 is 6.23 Å². The Labute approximate surface area is 143 Å². The highest BCUT2D eigenvalue weighted by molar-refractivity contribution is 7.80. The number of pyridine rings is 1. The second-order valence-electron chi connectivity index (χ2n) is 4.17. The molecular formula is C14H11Cl3N2OS.